The fraction of sp³-hybridized carbons (Fsp3) is 0. The lowest BCUT2D eigenvalue weighted by Gasteiger charge is -2.09. The predicted octanol–water partition coefficient (Wildman–Crippen LogP) is 3.56. The molecule has 0 bridgehead atoms. The van der Waals surface area contributed by atoms with Crippen molar-refractivity contribution in [2.45, 2.75) is 0 Å². The van der Waals surface area contributed by atoms with Gasteiger partial charge in [-0.25, -0.2) is 0 Å². The molecule has 3 aromatic carbocycles. The third-order valence-corrected chi connectivity index (χ3v) is 3.10. The van der Waals surface area contributed by atoms with Crippen LogP contribution in [0.1, 0.15) is 0 Å². The minimum atomic E-state index is 0.688. The van der Waals surface area contributed by atoms with Gasteiger partial charge >= 0.3 is 0 Å². The van der Waals surface area contributed by atoms with Gasteiger partial charge in [0, 0.05) is 0 Å². The molecule has 0 aliphatic heterocycles. The number of carbonyl (C=O) groups is 1. The molecule has 21 heavy (non-hydrogen) atoms. The van der Waals surface area contributed by atoms with Crippen molar-refractivity contribution in [3.63, 3.8) is 0 Å². The maximum Gasteiger partial charge on any atom is 0.0881 e. The number of benzene rings is 3. The van der Waals surface area contributed by atoms with Crippen molar-refractivity contribution < 1.29 is 4.79 Å². The van der Waals surface area contributed by atoms with Crippen LogP contribution in [0.15, 0.2) is 84.9 Å². The highest BCUT2D eigenvalue weighted by Gasteiger charge is 2.05. The monoisotopic (exact) mass is 290 g/mol. The SMILES string of the molecule is O=C[SiH3].c1ccc(-c2ccccc2-c2ccccc2)cc1. The normalized spacial score (nSPS) is 9.52. The first-order valence-corrected chi connectivity index (χ1v) is 8.12. The third kappa shape index (κ3) is 4.00. The zero-order valence-corrected chi connectivity index (χ0v) is 14.1. The summed E-state index contributed by atoms with van der Waals surface area (Å²) in [6.07, 6.45) is 0. The maximum absolute atomic E-state index is 8.87. The van der Waals surface area contributed by atoms with Gasteiger partial charge < -0.3 is 4.79 Å². The zero-order chi connectivity index (χ0) is 14.9. The molecule has 0 atom stereocenters. The second-order valence-corrected chi connectivity index (χ2v) is 4.98. The first-order chi connectivity index (χ1) is 10.4. The second kappa shape index (κ2) is 7.97. The molecular formula is C19H18OSi. The van der Waals surface area contributed by atoms with Gasteiger partial charge in [-0.1, -0.05) is 84.9 Å². The van der Waals surface area contributed by atoms with Gasteiger partial charge in [0.1, 0.15) is 0 Å². The van der Waals surface area contributed by atoms with Crippen LogP contribution in [-0.2, 0) is 4.79 Å². The molecule has 0 aliphatic rings. The van der Waals surface area contributed by atoms with E-state index in [4.69, 9.17) is 4.79 Å². The van der Waals surface area contributed by atoms with Gasteiger partial charge in [0.25, 0.3) is 0 Å². The minimum absolute atomic E-state index is 0.688. The minimum Gasteiger partial charge on any atom is -0.310 e. The Morgan fingerprint density at radius 1 is 0.571 bits per heavy atom. The van der Waals surface area contributed by atoms with Crippen molar-refractivity contribution in [1.82, 2.24) is 0 Å². The molecule has 2 heteroatoms. The van der Waals surface area contributed by atoms with E-state index in [-0.39, 0.29) is 0 Å². The molecule has 0 heterocycles. The number of rotatable bonds is 2. The van der Waals surface area contributed by atoms with E-state index in [1.54, 1.807) is 0 Å². The Labute approximate surface area is 128 Å². The third-order valence-electron chi connectivity index (χ3n) is 3.10. The molecule has 0 spiro atoms. The van der Waals surface area contributed by atoms with Crippen molar-refractivity contribution >= 4 is 16.2 Å². The molecule has 0 aliphatic carbocycles. The Hall–Kier alpha value is -2.45. The summed E-state index contributed by atoms with van der Waals surface area (Å²) < 4.78 is 0. The van der Waals surface area contributed by atoms with Crippen molar-refractivity contribution in [2.24, 2.45) is 0 Å². The summed E-state index contributed by atoms with van der Waals surface area (Å²) in [5.74, 6) is 0.889. The van der Waals surface area contributed by atoms with Crippen LogP contribution in [0, 0.1) is 0 Å². The number of hydrogen-bond acceptors (Lipinski definition) is 1. The van der Waals surface area contributed by atoms with Gasteiger partial charge in [-0.05, 0) is 22.3 Å². The molecule has 3 rings (SSSR count). The summed E-state index contributed by atoms with van der Waals surface area (Å²) in [5.41, 5.74) is 5.09. The van der Waals surface area contributed by atoms with E-state index in [0.29, 0.717) is 10.2 Å². The number of hydrogen-bond donors (Lipinski definition) is 0. The van der Waals surface area contributed by atoms with Gasteiger partial charge in [-0.2, -0.15) is 0 Å². The molecule has 0 fully saturated rings. The van der Waals surface area contributed by atoms with Crippen LogP contribution in [-0.4, -0.2) is 16.2 Å². The van der Waals surface area contributed by atoms with Crippen molar-refractivity contribution in [3.8, 4) is 22.3 Å². The summed E-state index contributed by atoms with van der Waals surface area (Å²) in [6.45, 7) is 0. The van der Waals surface area contributed by atoms with Crippen LogP contribution in [0.2, 0.25) is 0 Å². The van der Waals surface area contributed by atoms with Gasteiger partial charge in [-0.3, -0.25) is 0 Å². The van der Waals surface area contributed by atoms with Gasteiger partial charge in [0.2, 0.25) is 0 Å². The average Bonchev–Trinajstić information content (AvgIpc) is 2.57. The quantitative estimate of drug-likeness (QED) is 0.521. The molecule has 3 aromatic rings. The molecule has 0 unspecified atom stereocenters. The van der Waals surface area contributed by atoms with E-state index >= 15 is 0 Å². The molecule has 0 aromatic heterocycles. The van der Waals surface area contributed by atoms with Crippen molar-refractivity contribution in [1.29, 1.82) is 0 Å². The Morgan fingerprint density at radius 2 is 0.857 bits per heavy atom. The van der Waals surface area contributed by atoms with Crippen molar-refractivity contribution in [3.05, 3.63) is 84.9 Å². The molecule has 0 radical (unpaired) electrons. The van der Waals surface area contributed by atoms with E-state index in [0.717, 1.165) is 5.91 Å². The van der Waals surface area contributed by atoms with Crippen LogP contribution >= 0.6 is 0 Å². The largest absolute Gasteiger partial charge is 0.310 e. The topological polar surface area (TPSA) is 17.1 Å². The van der Waals surface area contributed by atoms with Crippen LogP contribution < -0.4 is 0 Å². The van der Waals surface area contributed by atoms with Crippen LogP contribution in [0.25, 0.3) is 22.3 Å². The van der Waals surface area contributed by atoms with E-state index in [1.807, 2.05) is 0 Å². The van der Waals surface area contributed by atoms with Crippen LogP contribution in [0.3, 0.4) is 0 Å². The highest BCUT2D eigenvalue weighted by molar-refractivity contribution is 6.48. The molecule has 0 saturated heterocycles. The molecule has 0 amide bonds. The highest BCUT2D eigenvalue weighted by atomic mass is 28.1. The lowest BCUT2D eigenvalue weighted by Crippen LogP contribution is -1.83. The molecular weight excluding hydrogens is 272 g/mol. The second-order valence-electron chi connectivity index (χ2n) is 4.51. The fourth-order valence-corrected chi connectivity index (χ4v) is 2.22. The smallest absolute Gasteiger partial charge is 0.0881 e. The Morgan fingerprint density at radius 3 is 1.19 bits per heavy atom. The summed E-state index contributed by atoms with van der Waals surface area (Å²) in [7, 11) is 0.688. The first kappa shape index (κ1) is 14.9. The Balaban J connectivity index is 0.000000497. The molecule has 1 nitrogen and oxygen atoms in total. The van der Waals surface area contributed by atoms with E-state index in [2.05, 4.69) is 84.9 Å². The van der Waals surface area contributed by atoms with E-state index in [9.17, 15) is 0 Å². The lowest BCUT2D eigenvalue weighted by molar-refractivity contribution is 0.569. The molecule has 0 saturated carbocycles. The maximum atomic E-state index is 8.87. The summed E-state index contributed by atoms with van der Waals surface area (Å²) in [5, 5.41) is 0. The van der Waals surface area contributed by atoms with E-state index < -0.39 is 0 Å². The zero-order valence-electron chi connectivity index (χ0n) is 12.1. The van der Waals surface area contributed by atoms with Crippen LogP contribution in [0.5, 0.6) is 0 Å². The van der Waals surface area contributed by atoms with E-state index in [1.165, 1.54) is 22.3 Å². The Kier molecular flexibility index (Phi) is 5.67. The first-order valence-electron chi connectivity index (χ1n) is 6.96. The molecule has 0 N–H and O–H groups in total. The molecule has 104 valence electrons. The van der Waals surface area contributed by atoms with Gasteiger partial charge in [-0.15, -0.1) is 0 Å². The number of carbonyl (C=O) groups excluding carboxylic acids is 1. The standard InChI is InChI=1S/C18H14.CH4OSi/c1-3-9-15(10-4-1)17-13-7-8-14-18(17)16-11-5-2-6-12-16;2-1-3/h1-14H;1H,3H3. The Bertz CT molecular complexity index is 620. The van der Waals surface area contributed by atoms with Gasteiger partial charge in [0.05, 0.1) is 16.2 Å². The van der Waals surface area contributed by atoms with Gasteiger partial charge in [0.15, 0.2) is 0 Å². The summed E-state index contributed by atoms with van der Waals surface area (Å²) in [4.78, 5) is 8.87. The van der Waals surface area contributed by atoms with Crippen LogP contribution in [0.4, 0.5) is 0 Å². The summed E-state index contributed by atoms with van der Waals surface area (Å²) in [6, 6.07) is 29.6. The highest BCUT2D eigenvalue weighted by Crippen LogP contribution is 2.31. The lowest BCUT2D eigenvalue weighted by atomic mass is 9.95. The average molecular weight is 290 g/mol. The summed E-state index contributed by atoms with van der Waals surface area (Å²) >= 11 is 0. The predicted molar refractivity (Wildman–Crippen MR) is 94.0 cm³/mol. The van der Waals surface area contributed by atoms with Crippen molar-refractivity contribution in [2.75, 3.05) is 0 Å². The fourth-order valence-electron chi connectivity index (χ4n) is 2.22.